The number of ether oxygens (including phenoxy) is 1. The number of rotatable bonds is 5. The van der Waals surface area contributed by atoms with Gasteiger partial charge in [-0.2, -0.15) is 0 Å². The maximum Gasteiger partial charge on any atom is 0.407 e. The molecule has 2 heterocycles. The molecule has 5 atom stereocenters. The van der Waals surface area contributed by atoms with Gasteiger partial charge in [-0.15, -0.1) is 0 Å². The molecular weight excluding hydrogens is 540 g/mol. The van der Waals surface area contributed by atoms with Gasteiger partial charge in [-0.25, -0.2) is 9.78 Å². The van der Waals surface area contributed by atoms with Gasteiger partial charge in [-0.1, -0.05) is 56.0 Å². The summed E-state index contributed by atoms with van der Waals surface area (Å²) in [6, 6.07) is 4.75. The summed E-state index contributed by atoms with van der Waals surface area (Å²) in [4.78, 5) is 49.8. The number of carbonyl (C=O) groups is 2. The number of hydrogen-bond donors (Lipinski definition) is 2. The highest BCUT2D eigenvalue weighted by Crippen LogP contribution is 2.53. The summed E-state index contributed by atoms with van der Waals surface area (Å²) in [5, 5.41) is 3.30. The highest BCUT2D eigenvalue weighted by Gasteiger charge is 2.57. The molecule has 5 unspecified atom stereocenters. The number of amides is 2. The maximum atomic E-state index is 14.4. The number of fused-ring (bicyclic) bond motifs is 2. The molecule has 2 aromatic rings. The fourth-order valence-electron chi connectivity index (χ4n) is 6.34. The van der Waals surface area contributed by atoms with E-state index in [4.69, 9.17) is 9.72 Å². The summed E-state index contributed by atoms with van der Waals surface area (Å²) in [5.74, 6) is 0.619. The van der Waals surface area contributed by atoms with E-state index in [9.17, 15) is 14.4 Å². The van der Waals surface area contributed by atoms with Crippen LogP contribution in [-0.4, -0.2) is 56.3 Å². The minimum atomic E-state index is -0.757. The van der Waals surface area contributed by atoms with Crippen molar-refractivity contribution in [3.05, 3.63) is 38.9 Å². The molecule has 2 amide bonds. The smallest absolute Gasteiger partial charge is 0.407 e. The molecule has 1 aliphatic heterocycles. The number of aromatic amines is 1. The number of hydrogen-bond acceptors (Lipinski definition) is 5. The molecule has 1 saturated heterocycles. The summed E-state index contributed by atoms with van der Waals surface area (Å²) in [7, 11) is 2.35. The molecule has 0 radical (unpaired) electrons. The van der Waals surface area contributed by atoms with Gasteiger partial charge in [-0.05, 0) is 54.8 Å². The SMILES string of the molecule is CCC1(c2nc3cc(Br)ccc3c(=O)[nH]2)CC2C([SiH3])CCCCC2N1C(=O)C(NC(=O)OC)C(C)C. The van der Waals surface area contributed by atoms with Crippen molar-refractivity contribution in [3.8, 4) is 0 Å². The van der Waals surface area contributed by atoms with Gasteiger partial charge in [0.2, 0.25) is 5.91 Å². The minimum absolute atomic E-state index is 0.0478. The average Bonchev–Trinajstić information content (AvgIpc) is 3.09. The van der Waals surface area contributed by atoms with Gasteiger partial charge in [-0.3, -0.25) is 9.59 Å². The molecule has 1 aromatic carbocycles. The van der Waals surface area contributed by atoms with E-state index < -0.39 is 17.7 Å². The summed E-state index contributed by atoms with van der Waals surface area (Å²) >= 11 is 3.50. The lowest BCUT2D eigenvalue weighted by molar-refractivity contribution is -0.142. The molecule has 36 heavy (non-hydrogen) atoms. The molecule has 196 valence electrons. The zero-order chi connectivity index (χ0) is 26.2. The first-order valence-corrected chi connectivity index (χ1v) is 15.0. The highest BCUT2D eigenvalue weighted by molar-refractivity contribution is 9.10. The Hall–Kier alpha value is -2.20. The van der Waals surface area contributed by atoms with Crippen LogP contribution in [0.15, 0.2) is 27.5 Å². The minimum Gasteiger partial charge on any atom is -0.453 e. The van der Waals surface area contributed by atoms with Crippen LogP contribution in [-0.2, 0) is 15.1 Å². The van der Waals surface area contributed by atoms with E-state index in [1.165, 1.54) is 20.0 Å². The number of alkyl carbamates (subject to hydrolysis) is 1. The van der Waals surface area contributed by atoms with Crippen molar-refractivity contribution in [2.45, 2.75) is 82.5 Å². The first kappa shape index (κ1) is 26.8. The van der Waals surface area contributed by atoms with E-state index in [0.717, 1.165) is 34.0 Å². The van der Waals surface area contributed by atoms with Crippen molar-refractivity contribution in [2.24, 2.45) is 11.8 Å². The van der Waals surface area contributed by atoms with Crippen LogP contribution in [0.3, 0.4) is 0 Å². The van der Waals surface area contributed by atoms with E-state index >= 15 is 0 Å². The number of benzene rings is 1. The van der Waals surface area contributed by atoms with Gasteiger partial charge in [0.15, 0.2) is 0 Å². The molecule has 2 aliphatic rings. The van der Waals surface area contributed by atoms with Gasteiger partial charge < -0.3 is 19.9 Å². The topological polar surface area (TPSA) is 104 Å². The van der Waals surface area contributed by atoms with Crippen molar-refractivity contribution in [1.82, 2.24) is 20.2 Å². The lowest BCUT2D eigenvalue weighted by Gasteiger charge is -2.42. The van der Waals surface area contributed by atoms with E-state index in [1.807, 2.05) is 30.9 Å². The molecule has 2 N–H and O–H groups in total. The number of likely N-dealkylation sites (tertiary alicyclic amines) is 1. The van der Waals surface area contributed by atoms with Crippen LogP contribution < -0.4 is 10.9 Å². The van der Waals surface area contributed by atoms with Crippen molar-refractivity contribution in [3.63, 3.8) is 0 Å². The fourth-order valence-corrected chi connectivity index (χ4v) is 7.78. The largest absolute Gasteiger partial charge is 0.453 e. The van der Waals surface area contributed by atoms with Gasteiger partial charge in [0.1, 0.15) is 17.4 Å². The van der Waals surface area contributed by atoms with E-state index in [0.29, 0.717) is 34.6 Å². The Morgan fingerprint density at radius 1 is 1.33 bits per heavy atom. The second-order valence-electron chi connectivity index (χ2n) is 10.7. The Labute approximate surface area is 223 Å². The van der Waals surface area contributed by atoms with Crippen LogP contribution >= 0.6 is 15.9 Å². The second-order valence-corrected chi connectivity index (χ2v) is 13.1. The molecule has 1 saturated carbocycles. The molecule has 10 heteroatoms. The lowest BCUT2D eigenvalue weighted by Crippen LogP contribution is -2.58. The lowest BCUT2D eigenvalue weighted by atomic mass is 9.85. The summed E-state index contributed by atoms with van der Waals surface area (Å²) in [5.41, 5.74) is 0.220. The fraction of sp³-hybridized carbons (Fsp3) is 0.615. The van der Waals surface area contributed by atoms with Gasteiger partial charge in [0, 0.05) is 20.8 Å². The molecule has 0 spiro atoms. The van der Waals surface area contributed by atoms with Gasteiger partial charge in [0.05, 0.1) is 18.0 Å². The van der Waals surface area contributed by atoms with Gasteiger partial charge >= 0.3 is 6.09 Å². The Morgan fingerprint density at radius 2 is 2.06 bits per heavy atom. The normalized spacial score (nSPS) is 27.1. The third kappa shape index (κ3) is 4.74. The maximum absolute atomic E-state index is 14.4. The van der Waals surface area contributed by atoms with Crippen molar-refractivity contribution in [2.75, 3.05) is 7.11 Å². The molecule has 1 aliphatic carbocycles. The Morgan fingerprint density at radius 3 is 2.72 bits per heavy atom. The third-order valence-electron chi connectivity index (χ3n) is 8.32. The second kappa shape index (κ2) is 10.7. The number of halogens is 1. The van der Waals surface area contributed by atoms with Gasteiger partial charge in [0.25, 0.3) is 5.56 Å². The van der Waals surface area contributed by atoms with E-state index in [2.05, 4.69) is 33.2 Å². The standard InChI is InChI=1S/C26H37BrN4O4Si/c1-5-26(24-28-18-12-15(27)10-11-16(18)22(32)30-24)13-17-19(8-6-7-9-20(17)36)31(26)23(33)21(14(2)3)29-25(34)35-4/h10-12,14,17,19-21H,5-9,13H2,1-4,36H3,(H,29,34)(H,28,30,32). The van der Waals surface area contributed by atoms with Crippen LogP contribution in [0, 0.1) is 11.8 Å². The zero-order valence-electron chi connectivity index (χ0n) is 21.8. The highest BCUT2D eigenvalue weighted by atomic mass is 79.9. The Balaban J connectivity index is 1.90. The predicted octanol–water partition coefficient (Wildman–Crippen LogP) is 3.62. The van der Waals surface area contributed by atoms with Crippen molar-refractivity contribution >= 4 is 49.1 Å². The van der Waals surface area contributed by atoms with Crippen molar-refractivity contribution < 1.29 is 14.3 Å². The molecule has 1 aromatic heterocycles. The van der Waals surface area contributed by atoms with E-state index in [-0.39, 0.29) is 23.4 Å². The molecule has 2 fully saturated rings. The number of H-pyrrole nitrogens is 1. The molecule has 8 nitrogen and oxygen atoms in total. The summed E-state index contributed by atoms with van der Waals surface area (Å²) in [6.07, 6.45) is 5.10. The zero-order valence-corrected chi connectivity index (χ0v) is 25.4. The van der Waals surface area contributed by atoms with Crippen LogP contribution in [0.4, 0.5) is 4.79 Å². The number of aromatic nitrogens is 2. The number of carbonyl (C=O) groups excluding carboxylic acids is 2. The molecule has 4 rings (SSSR count). The Kier molecular flexibility index (Phi) is 7.94. The average molecular weight is 578 g/mol. The van der Waals surface area contributed by atoms with E-state index in [1.54, 1.807) is 6.07 Å². The van der Waals surface area contributed by atoms with Crippen LogP contribution in [0.1, 0.15) is 65.1 Å². The predicted molar refractivity (Wildman–Crippen MR) is 147 cm³/mol. The quantitative estimate of drug-likeness (QED) is 0.529. The van der Waals surface area contributed by atoms with Crippen LogP contribution in [0.2, 0.25) is 5.54 Å². The first-order valence-electron chi connectivity index (χ1n) is 13.0. The number of nitrogens with one attached hydrogen (secondary N) is 2. The first-order chi connectivity index (χ1) is 17.1. The number of nitrogens with zero attached hydrogens (tertiary/aromatic N) is 2. The summed E-state index contributed by atoms with van der Waals surface area (Å²) in [6.45, 7) is 5.92. The van der Waals surface area contributed by atoms with Crippen molar-refractivity contribution in [1.29, 1.82) is 0 Å². The molecular formula is C26H37BrN4O4Si. The molecule has 0 bridgehead atoms. The summed E-state index contributed by atoms with van der Waals surface area (Å²) < 4.78 is 5.69. The third-order valence-corrected chi connectivity index (χ3v) is 10.3. The number of methoxy groups -OCH3 is 1. The van der Waals surface area contributed by atoms with Crippen LogP contribution in [0.25, 0.3) is 10.9 Å². The van der Waals surface area contributed by atoms with Crippen LogP contribution in [0.5, 0.6) is 0 Å². The monoisotopic (exact) mass is 576 g/mol. The Bertz CT molecular complexity index is 1200.